The standard InChI is InChI=1S/C26H34N4O4/c31-23-4-3-22(24(32)28-23)30-16-17-13-18(1-2-21(17)25(30)33)29-11-7-26(8-12-29)14-20(15-26)34-19-5-9-27-10-6-19/h1-2,13,19-20,22,27H,3-12,14-16H2,(H,28,31,32). The van der Waals surface area contributed by atoms with Gasteiger partial charge in [-0.15, -0.1) is 0 Å². The summed E-state index contributed by atoms with van der Waals surface area (Å²) in [5, 5.41) is 5.77. The van der Waals surface area contributed by atoms with Crippen molar-refractivity contribution in [1.29, 1.82) is 0 Å². The van der Waals surface area contributed by atoms with Crippen LogP contribution in [0.2, 0.25) is 0 Å². The van der Waals surface area contributed by atoms with Crippen molar-refractivity contribution in [3.63, 3.8) is 0 Å². The molecule has 1 unspecified atom stereocenters. The molecule has 1 aliphatic carbocycles. The largest absolute Gasteiger partial charge is 0.375 e. The number of hydrogen-bond donors (Lipinski definition) is 2. The summed E-state index contributed by atoms with van der Waals surface area (Å²) in [4.78, 5) is 40.8. The smallest absolute Gasteiger partial charge is 0.255 e. The van der Waals surface area contributed by atoms with E-state index in [9.17, 15) is 14.4 Å². The molecule has 1 aromatic rings. The molecule has 1 saturated carbocycles. The van der Waals surface area contributed by atoms with E-state index in [0.717, 1.165) is 50.3 Å². The van der Waals surface area contributed by atoms with Crippen LogP contribution in [0.5, 0.6) is 0 Å². The Morgan fingerprint density at radius 2 is 1.74 bits per heavy atom. The highest BCUT2D eigenvalue weighted by atomic mass is 16.5. The molecule has 0 radical (unpaired) electrons. The summed E-state index contributed by atoms with van der Waals surface area (Å²) < 4.78 is 6.36. The molecule has 3 saturated heterocycles. The monoisotopic (exact) mass is 466 g/mol. The van der Waals surface area contributed by atoms with Crippen LogP contribution >= 0.6 is 0 Å². The van der Waals surface area contributed by atoms with Crippen molar-refractivity contribution in [2.24, 2.45) is 5.41 Å². The second-order valence-electron chi connectivity index (χ2n) is 10.8. The van der Waals surface area contributed by atoms with Gasteiger partial charge in [0, 0.05) is 37.3 Å². The molecule has 34 heavy (non-hydrogen) atoms. The van der Waals surface area contributed by atoms with Crippen LogP contribution in [-0.2, 0) is 20.9 Å². The maximum atomic E-state index is 12.9. The Kier molecular flexibility index (Phi) is 5.60. The number of nitrogens with zero attached hydrogens (tertiary/aromatic N) is 2. The fourth-order valence-corrected chi connectivity index (χ4v) is 6.61. The van der Waals surface area contributed by atoms with E-state index >= 15 is 0 Å². The SMILES string of the molecule is O=C1CCC(N2Cc3cc(N4CCC5(CC4)CC(OC4CCNCC4)C5)ccc3C2=O)C(=O)N1. The van der Waals surface area contributed by atoms with Gasteiger partial charge in [0.15, 0.2) is 0 Å². The topological polar surface area (TPSA) is 91.0 Å². The summed E-state index contributed by atoms with van der Waals surface area (Å²) in [7, 11) is 0. The lowest BCUT2D eigenvalue weighted by Gasteiger charge is -2.53. The van der Waals surface area contributed by atoms with E-state index in [4.69, 9.17) is 4.74 Å². The van der Waals surface area contributed by atoms with Crippen molar-refractivity contribution in [3.8, 4) is 0 Å². The summed E-state index contributed by atoms with van der Waals surface area (Å²) in [6.07, 6.45) is 8.62. The van der Waals surface area contributed by atoms with E-state index in [1.165, 1.54) is 25.7 Å². The first-order valence-electron chi connectivity index (χ1n) is 12.9. The van der Waals surface area contributed by atoms with Gasteiger partial charge in [-0.25, -0.2) is 0 Å². The first-order chi connectivity index (χ1) is 16.5. The summed E-state index contributed by atoms with van der Waals surface area (Å²) in [5.74, 6) is -0.726. The summed E-state index contributed by atoms with van der Waals surface area (Å²) >= 11 is 0. The number of piperidine rings is 3. The number of ether oxygens (including phenoxy) is 1. The van der Waals surface area contributed by atoms with Gasteiger partial charge >= 0.3 is 0 Å². The van der Waals surface area contributed by atoms with Crippen LogP contribution in [0.15, 0.2) is 18.2 Å². The van der Waals surface area contributed by atoms with Gasteiger partial charge in [0.1, 0.15) is 6.04 Å². The number of carbonyl (C=O) groups is 3. The minimum absolute atomic E-state index is 0.108. The van der Waals surface area contributed by atoms with Gasteiger partial charge in [-0.1, -0.05) is 0 Å². The summed E-state index contributed by atoms with van der Waals surface area (Å²) in [5.41, 5.74) is 3.27. The summed E-state index contributed by atoms with van der Waals surface area (Å²) in [6, 6.07) is 5.53. The number of hydrogen-bond acceptors (Lipinski definition) is 6. The molecule has 2 N–H and O–H groups in total. The molecule has 0 aromatic heterocycles. The van der Waals surface area contributed by atoms with Gasteiger partial charge in [-0.2, -0.15) is 0 Å². The minimum atomic E-state index is -0.561. The number of fused-ring (bicyclic) bond motifs is 1. The second kappa shape index (κ2) is 8.64. The number of benzene rings is 1. The Bertz CT molecular complexity index is 989. The van der Waals surface area contributed by atoms with Gasteiger partial charge < -0.3 is 19.9 Å². The lowest BCUT2D eigenvalue weighted by Crippen LogP contribution is -2.52. The third kappa shape index (κ3) is 4.01. The quantitative estimate of drug-likeness (QED) is 0.660. The van der Waals surface area contributed by atoms with E-state index < -0.39 is 6.04 Å². The third-order valence-electron chi connectivity index (χ3n) is 8.69. The number of anilines is 1. The van der Waals surface area contributed by atoms with E-state index in [1.807, 2.05) is 12.1 Å². The molecule has 5 aliphatic rings. The predicted octanol–water partition coefficient (Wildman–Crippen LogP) is 1.97. The van der Waals surface area contributed by atoms with Crippen LogP contribution in [-0.4, -0.2) is 67.1 Å². The fourth-order valence-electron chi connectivity index (χ4n) is 6.61. The van der Waals surface area contributed by atoms with Gasteiger partial charge in [0.25, 0.3) is 5.91 Å². The maximum Gasteiger partial charge on any atom is 0.255 e. The molecular weight excluding hydrogens is 432 g/mol. The molecule has 3 amide bonds. The maximum absolute atomic E-state index is 12.9. The van der Waals surface area contributed by atoms with Crippen molar-refractivity contribution < 1.29 is 19.1 Å². The van der Waals surface area contributed by atoms with Crippen LogP contribution in [0.4, 0.5) is 5.69 Å². The number of amides is 3. The molecule has 6 rings (SSSR count). The average Bonchev–Trinajstić information content (AvgIpc) is 3.15. The zero-order valence-corrected chi connectivity index (χ0v) is 19.7. The Hall–Kier alpha value is -2.45. The number of imide groups is 1. The van der Waals surface area contributed by atoms with Crippen LogP contribution in [0, 0.1) is 5.41 Å². The lowest BCUT2D eigenvalue weighted by atomic mass is 9.61. The van der Waals surface area contributed by atoms with E-state index in [0.29, 0.717) is 36.2 Å². The number of carbonyl (C=O) groups excluding carboxylic acids is 3. The molecule has 182 valence electrons. The molecule has 1 aromatic carbocycles. The van der Waals surface area contributed by atoms with Gasteiger partial charge in [0.2, 0.25) is 11.8 Å². The molecule has 4 aliphatic heterocycles. The Balaban J connectivity index is 1.05. The molecule has 0 bridgehead atoms. The highest BCUT2D eigenvalue weighted by Gasteiger charge is 2.47. The van der Waals surface area contributed by atoms with Crippen molar-refractivity contribution in [2.45, 2.75) is 76.2 Å². The van der Waals surface area contributed by atoms with E-state index in [1.54, 1.807) is 4.90 Å². The number of rotatable bonds is 4. The van der Waals surface area contributed by atoms with Crippen molar-refractivity contribution in [2.75, 3.05) is 31.1 Å². The van der Waals surface area contributed by atoms with E-state index in [2.05, 4.69) is 21.6 Å². The summed E-state index contributed by atoms with van der Waals surface area (Å²) in [6.45, 7) is 4.65. The zero-order chi connectivity index (χ0) is 23.3. The fraction of sp³-hybridized carbons (Fsp3) is 0.654. The first kappa shape index (κ1) is 22.0. The van der Waals surface area contributed by atoms with Gasteiger partial charge in [-0.05, 0) is 87.2 Å². The van der Waals surface area contributed by atoms with Crippen LogP contribution in [0.3, 0.4) is 0 Å². The Labute approximate surface area is 200 Å². The van der Waals surface area contributed by atoms with Gasteiger partial charge in [-0.3, -0.25) is 19.7 Å². The normalized spacial score (nSPS) is 27.6. The Morgan fingerprint density at radius 3 is 2.47 bits per heavy atom. The second-order valence-corrected chi connectivity index (χ2v) is 10.8. The van der Waals surface area contributed by atoms with Crippen LogP contribution in [0.1, 0.15) is 67.3 Å². The molecule has 4 fully saturated rings. The Morgan fingerprint density at radius 1 is 0.971 bits per heavy atom. The molecule has 8 heteroatoms. The molecule has 1 atom stereocenters. The predicted molar refractivity (Wildman–Crippen MR) is 126 cm³/mol. The molecule has 8 nitrogen and oxygen atoms in total. The van der Waals surface area contributed by atoms with Gasteiger partial charge in [0.05, 0.1) is 12.2 Å². The van der Waals surface area contributed by atoms with Crippen molar-refractivity contribution in [1.82, 2.24) is 15.5 Å². The lowest BCUT2D eigenvalue weighted by molar-refractivity contribution is -0.136. The molecular formula is C26H34N4O4. The highest BCUT2D eigenvalue weighted by molar-refractivity contribution is 6.05. The zero-order valence-electron chi connectivity index (χ0n) is 19.7. The average molecular weight is 467 g/mol. The highest BCUT2D eigenvalue weighted by Crippen LogP contribution is 2.51. The third-order valence-corrected chi connectivity index (χ3v) is 8.69. The first-order valence-corrected chi connectivity index (χ1v) is 12.9. The number of nitrogens with one attached hydrogen (secondary N) is 2. The molecule has 1 spiro atoms. The minimum Gasteiger partial charge on any atom is -0.375 e. The van der Waals surface area contributed by atoms with Crippen LogP contribution in [0.25, 0.3) is 0 Å². The van der Waals surface area contributed by atoms with Crippen molar-refractivity contribution in [3.05, 3.63) is 29.3 Å². The molecule has 4 heterocycles. The van der Waals surface area contributed by atoms with Crippen molar-refractivity contribution >= 4 is 23.4 Å². The van der Waals surface area contributed by atoms with Crippen LogP contribution < -0.4 is 15.5 Å². The van der Waals surface area contributed by atoms with E-state index in [-0.39, 0.29) is 24.1 Å².